The number of rotatable bonds is 8. The molecule has 0 saturated heterocycles. The Kier molecular flexibility index (Phi) is 7.30. The zero-order valence-corrected chi connectivity index (χ0v) is 13.5. The number of benzene rings is 1. The molecule has 0 spiro atoms. The fourth-order valence-electron chi connectivity index (χ4n) is 1.86. The summed E-state index contributed by atoms with van der Waals surface area (Å²) in [5, 5.41) is 12.8. The first-order valence-electron chi connectivity index (χ1n) is 6.34. The van der Waals surface area contributed by atoms with Gasteiger partial charge in [0.2, 0.25) is 0 Å². The van der Waals surface area contributed by atoms with Gasteiger partial charge in [0.1, 0.15) is 0 Å². The lowest BCUT2D eigenvalue weighted by molar-refractivity contribution is 0.167. The summed E-state index contributed by atoms with van der Waals surface area (Å²) in [5.74, 6) is 1.07. The summed E-state index contributed by atoms with van der Waals surface area (Å²) in [5.41, 5.74) is -0.136. The first-order chi connectivity index (χ1) is 8.61. The molecule has 4 heteroatoms. The van der Waals surface area contributed by atoms with E-state index in [1.54, 1.807) is 0 Å². The van der Waals surface area contributed by atoms with E-state index in [9.17, 15) is 5.11 Å². The number of thioether (sulfide) groups is 1. The highest BCUT2D eigenvalue weighted by Gasteiger charge is 2.20. The SMILES string of the molecule is CCNC(C)(CO)CCCSc1ccccc1Br. The average Bonchev–Trinajstić information content (AvgIpc) is 2.37. The number of likely N-dealkylation sites (N-methyl/N-ethyl adjacent to an activating group) is 1. The second-order valence-electron chi connectivity index (χ2n) is 4.63. The third-order valence-corrected chi connectivity index (χ3v) is 5.03. The molecule has 102 valence electrons. The van der Waals surface area contributed by atoms with E-state index < -0.39 is 0 Å². The van der Waals surface area contributed by atoms with Crippen LogP contribution in [0.3, 0.4) is 0 Å². The van der Waals surface area contributed by atoms with Gasteiger partial charge in [0.05, 0.1) is 6.61 Å². The largest absolute Gasteiger partial charge is 0.394 e. The fourth-order valence-corrected chi connectivity index (χ4v) is 3.37. The smallest absolute Gasteiger partial charge is 0.0610 e. The molecule has 0 saturated carbocycles. The van der Waals surface area contributed by atoms with E-state index in [0.29, 0.717) is 0 Å². The molecule has 1 aromatic carbocycles. The third kappa shape index (κ3) is 5.31. The molecule has 0 aromatic heterocycles. The summed E-state index contributed by atoms with van der Waals surface area (Å²) in [4.78, 5) is 1.28. The van der Waals surface area contributed by atoms with Crippen molar-refractivity contribution in [1.82, 2.24) is 5.32 Å². The van der Waals surface area contributed by atoms with Crippen molar-refractivity contribution in [2.75, 3.05) is 18.9 Å². The number of nitrogens with one attached hydrogen (secondary N) is 1. The van der Waals surface area contributed by atoms with Crippen molar-refractivity contribution in [3.63, 3.8) is 0 Å². The topological polar surface area (TPSA) is 32.3 Å². The van der Waals surface area contributed by atoms with Crippen molar-refractivity contribution in [1.29, 1.82) is 0 Å². The maximum atomic E-state index is 9.40. The van der Waals surface area contributed by atoms with Crippen molar-refractivity contribution in [2.45, 2.75) is 37.1 Å². The van der Waals surface area contributed by atoms with Crippen LogP contribution >= 0.6 is 27.7 Å². The molecule has 2 N–H and O–H groups in total. The van der Waals surface area contributed by atoms with Crippen LogP contribution < -0.4 is 5.32 Å². The highest BCUT2D eigenvalue weighted by molar-refractivity contribution is 9.10. The summed E-state index contributed by atoms with van der Waals surface area (Å²) >= 11 is 5.41. The van der Waals surface area contributed by atoms with E-state index in [1.807, 2.05) is 17.8 Å². The molecule has 18 heavy (non-hydrogen) atoms. The van der Waals surface area contributed by atoms with E-state index in [0.717, 1.165) is 29.6 Å². The molecule has 1 rings (SSSR count). The maximum absolute atomic E-state index is 9.40. The van der Waals surface area contributed by atoms with Crippen LogP contribution in [0.4, 0.5) is 0 Å². The predicted molar refractivity (Wildman–Crippen MR) is 83.3 cm³/mol. The number of halogens is 1. The second-order valence-corrected chi connectivity index (χ2v) is 6.62. The van der Waals surface area contributed by atoms with Gasteiger partial charge in [-0.2, -0.15) is 0 Å². The first kappa shape index (κ1) is 16.0. The van der Waals surface area contributed by atoms with Gasteiger partial charge < -0.3 is 10.4 Å². The Morgan fingerprint density at radius 3 is 2.72 bits per heavy atom. The minimum atomic E-state index is -0.136. The van der Waals surface area contributed by atoms with Crippen molar-refractivity contribution in [3.05, 3.63) is 28.7 Å². The highest BCUT2D eigenvalue weighted by Crippen LogP contribution is 2.28. The molecule has 0 radical (unpaired) electrons. The molecule has 2 nitrogen and oxygen atoms in total. The van der Waals surface area contributed by atoms with Crippen LogP contribution in [0.5, 0.6) is 0 Å². The van der Waals surface area contributed by atoms with Crippen molar-refractivity contribution in [2.24, 2.45) is 0 Å². The Hall–Kier alpha value is -0.0300. The van der Waals surface area contributed by atoms with Crippen molar-refractivity contribution < 1.29 is 5.11 Å². The van der Waals surface area contributed by atoms with Crippen LogP contribution in [0.1, 0.15) is 26.7 Å². The van der Waals surface area contributed by atoms with Gasteiger partial charge in [-0.1, -0.05) is 19.1 Å². The molecule has 0 aliphatic carbocycles. The molecule has 0 amide bonds. The van der Waals surface area contributed by atoms with Gasteiger partial charge in [0.25, 0.3) is 0 Å². The minimum Gasteiger partial charge on any atom is -0.394 e. The first-order valence-corrected chi connectivity index (χ1v) is 8.12. The van der Waals surface area contributed by atoms with E-state index in [2.05, 4.69) is 53.3 Å². The summed E-state index contributed by atoms with van der Waals surface area (Å²) < 4.78 is 1.16. The normalized spacial score (nSPS) is 14.4. The Balaban J connectivity index is 2.32. The van der Waals surface area contributed by atoms with Crippen LogP contribution in [0, 0.1) is 0 Å². The molecule has 1 atom stereocenters. The zero-order valence-electron chi connectivity index (χ0n) is 11.1. The van der Waals surface area contributed by atoms with E-state index in [4.69, 9.17) is 0 Å². The number of hydrogen-bond donors (Lipinski definition) is 2. The van der Waals surface area contributed by atoms with Crippen LogP contribution in [-0.2, 0) is 0 Å². The fraction of sp³-hybridized carbons (Fsp3) is 0.571. The lowest BCUT2D eigenvalue weighted by atomic mass is 9.97. The van der Waals surface area contributed by atoms with E-state index >= 15 is 0 Å². The molecule has 0 heterocycles. The number of hydrogen-bond acceptors (Lipinski definition) is 3. The van der Waals surface area contributed by atoms with Gasteiger partial charge >= 0.3 is 0 Å². The molecule has 1 unspecified atom stereocenters. The quantitative estimate of drug-likeness (QED) is 0.563. The van der Waals surface area contributed by atoms with E-state index in [1.165, 1.54) is 4.90 Å². The zero-order chi connectivity index (χ0) is 13.4. The van der Waals surface area contributed by atoms with Gasteiger partial charge in [-0.3, -0.25) is 0 Å². The summed E-state index contributed by atoms with van der Waals surface area (Å²) in [6, 6.07) is 8.29. The second kappa shape index (κ2) is 8.20. The van der Waals surface area contributed by atoms with Crippen LogP contribution in [0.25, 0.3) is 0 Å². The average molecular weight is 332 g/mol. The molecular formula is C14H22BrNOS. The molecular weight excluding hydrogens is 310 g/mol. The monoisotopic (exact) mass is 331 g/mol. The summed E-state index contributed by atoms with van der Waals surface area (Å²) in [7, 11) is 0. The van der Waals surface area contributed by atoms with Gasteiger partial charge in [-0.15, -0.1) is 11.8 Å². The standard InChI is InChI=1S/C14H22BrNOS/c1-3-16-14(2,11-17)9-6-10-18-13-8-5-4-7-12(13)15/h4-5,7-8,16-17H,3,6,9-11H2,1-2H3. The Morgan fingerprint density at radius 2 is 2.11 bits per heavy atom. The summed E-state index contributed by atoms with van der Waals surface area (Å²) in [6.45, 7) is 5.25. The number of aliphatic hydroxyl groups is 1. The van der Waals surface area contributed by atoms with Gasteiger partial charge in [0, 0.05) is 14.9 Å². The molecule has 0 bridgehead atoms. The third-order valence-electron chi connectivity index (χ3n) is 2.92. The Labute approximate surface area is 123 Å². The predicted octanol–water partition coefficient (Wildman–Crippen LogP) is 3.68. The maximum Gasteiger partial charge on any atom is 0.0610 e. The van der Waals surface area contributed by atoms with Gasteiger partial charge in [-0.25, -0.2) is 0 Å². The molecule has 0 aliphatic heterocycles. The van der Waals surface area contributed by atoms with Crippen molar-refractivity contribution >= 4 is 27.7 Å². The number of aliphatic hydroxyl groups excluding tert-OH is 1. The molecule has 0 fully saturated rings. The minimum absolute atomic E-state index is 0.136. The van der Waals surface area contributed by atoms with Gasteiger partial charge in [0.15, 0.2) is 0 Å². The Morgan fingerprint density at radius 1 is 1.39 bits per heavy atom. The lowest BCUT2D eigenvalue weighted by Gasteiger charge is -2.28. The Bertz CT molecular complexity index is 361. The molecule has 0 aliphatic rings. The van der Waals surface area contributed by atoms with Crippen LogP contribution in [-0.4, -0.2) is 29.5 Å². The molecule has 1 aromatic rings. The van der Waals surface area contributed by atoms with Crippen LogP contribution in [0.2, 0.25) is 0 Å². The summed E-state index contributed by atoms with van der Waals surface area (Å²) in [6.07, 6.45) is 2.09. The lowest BCUT2D eigenvalue weighted by Crippen LogP contribution is -2.45. The van der Waals surface area contributed by atoms with Crippen molar-refractivity contribution in [3.8, 4) is 0 Å². The van der Waals surface area contributed by atoms with Gasteiger partial charge in [-0.05, 0) is 60.1 Å². The highest BCUT2D eigenvalue weighted by atomic mass is 79.9. The van der Waals surface area contributed by atoms with Crippen LogP contribution in [0.15, 0.2) is 33.6 Å². The van der Waals surface area contributed by atoms with E-state index in [-0.39, 0.29) is 12.1 Å².